The van der Waals surface area contributed by atoms with Crippen LogP contribution >= 0.6 is 11.8 Å². The van der Waals surface area contributed by atoms with E-state index in [1.807, 2.05) is 74.5 Å². The zero-order valence-corrected chi connectivity index (χ0v) is 17.4. The average Bonchev–Trinajstić information content (AvgIpc) is 2.96. The van der Waals surface area contributed by atoms with Crippen molar-refractivity contribution in [2.24, 2.45) is 0 Å². The zero-order chi connectivity index (χ0) is 20.9. The molecule has 5 nitrogen and oxygen atoms in total. The fourth-order valence-electron chi connectivity index (χ4n) is 3.16. The van der Waals surface area contributed by atoms with E-state index in [-0.39, 0.29) is 35.6 Å². The Bertz CT molecular complexity index is 924. The SMILES string of the molecule is CC(C)(CC(=O)NCCN1C(=O)SC(=Cc2ccccc2)C1=O)c1ccccc1. The molecule has 1 aliphatic rings. The number of imide groups is 1. The third-order valence-electron chi connectivity index (χ3n) is 4.79. The number of rotatable bonds is 7. The van der Waals surface area contributed by atoms with E-state index in [0.29, 0.717) is 11.3 Å². The maximum atomic E-state index is 12.5. The number of carbonyl (C=O) groups is 3. The first kappa shape index (κ1) is 20.9. The summed E-state index contributed by atoms with van der Waals surface area (Å²) in [7, 11) is 0. The summed E-state index contributed by atoms with van der Waals surface area (Å²) in [5.41, 5.74) is 1.66. The van der Waals surface area contributed by atoms with Crippen LogP contribution in [0.4, 0.5) is 4.79 Å². The molecule has 0 unspecified atom stereocenters. The van der Waals surface area contributed by atoms with E-state index in [9.17, 15) is 14.4 Å². The highest BCUT2D eigenvalue weighted by Gasteiger charge is 2.34. The second kappa shape index (κ2) is 9.09. The summed E-state index contributed by atoms with van der Waals surface area (Å²) >= 11 is 0.929. The summed E-state index contributed by atoms with van der Waals surface area (Å²) in [6.45, 7) is 4.44. The predicted octanol–water partition coefficient (Wildman–Crippen LogP) is 4.21. The van der Waals surface area contributed by atoms with Gasteiger partial charge in [0.2, 0.25) is 5.91 Å². The summed E-state index contributed by atoms with van der Waals surface area (Å²) in [5, 5.41) is 2.52. The number of hydrogen-bond donors (Lipinski definition) is 1. The summed E-state index contributed by atoms with van der Waals surface area (Å²) < 4.78 is 0. The van der Waals surface area contributed by atoms with E-state index in [0.717, 1.165) is 22.9 Å². The van der Waals surface area contributed by atoms with Gasteiger partial charge in [-0.25, -0.2) is 0 Å². The molecule has 150 valence electrons. The molecule has 0 radical (unpaired) electrons. The lowest BCUT2D eigenvalue weighted by atomic mass is 9.81. The van der Waals surface area contributed by atoms with Gasteiger partial charge >= 0.3 is 0 Å². The predicted molar refractivity (Wildman–Crippen MR) is 116 cm³/mol. The molecule has 6 heteroatoms. The Morgan fingerprint density at radius 1 is 1.03 bits per heavy atom. The van der Waals surface area contributed by atoms with E-state index in [4.69, 9.17) is 0 Å². The summed E-state index contributed by atoms with van der Waals surface area (Å²) in [4.78, 5) is 38.6. The van der Waals surface area contributed by atoms with Gasteiger partial charge in [0.05, 0.1) is 4.91 Å². The molecule has 0 saturated carbocycles. The number of benzene rings is 2. The van der Waals surface area contributed by atoms with Gasteiger partial charge in [-0.15, -0.1) is 0 Å². The fourth-order valence-corrected chi connectivity index (χ4v) is 4.02. The molecule has 1 heterocycles. The molecular weight excluding hydrogens is 384 g/mol. The zero-order valence-electron chi connectivity index (χ0n) is 16.6. The Kier molecular flexibility index (Phi) is 6.54. The molecule has 0 atom stereocenters. The van der Waals surface area contributed by atoms with Crippen LogP contribution in [0.3, 0.4) is 0 Å². The first-order chi connectivity index (χ1) is 13.9. The molecule has 1 saturated heterocycles. The Labute approximate surface area is 175 Å². The fraction of sp³-hybridized carbons (Fsp3) is 0.261. The molecule has 2 aromatic rings. The number of nitrogens with one attached hydrogen (secondary N) is 1. The van der Waals surface area contributed by atoms with E-state index in [1.54, 1.807) is 6.08 Å². The van der Waals surface area contributed by atoms with E-state index >= 15 is 0 Å². The molecule has 1 fully saturated rings. The second-order valence-electron chi connectivity index (χ2n) is 7.52. The lowest BCUT2D eigenvalue weighted by Gasteiger charge is -2.24. The van der Waals surface area contributed by atoms with Crippen molar-refractivity contribution in [1.82, 2.24) is 10.2 Å². The smallest absolute Gasteiger partial charge is 0.293 e. The highest BCUT2D eigenvalue weighted by molar-refractivity contribution is 8.18. The minimum Gasteiger partial charge on any atom is -0.354 e. The molecule has 1 aliphatic heterocycles. The standard InChI is InChI=1S/C23H24N2O3S/c1-23(2,18-11-7-4-8-12-18)16-20(26)24-13-14-25-21(27)19(29-22(25)28)15-17-9-5-3-6-10-17/h3-12,15H,13-14,16H2,1-2H3,(H,24,26). The maximum Gasteiger partial charge on any atom is 0.293 e. The summed E-state index contributed by atoms with van der Waals surface area (Å²) in [6.07, 6.45) is 2.04. The molecule has 0 spiro atoms. The Morgan fingerprint density at radius 2 is 1.66 bits per heavy atom. The van der Waals surface area contributed by atoms with E-state index in [2.05, 4.69) is 5.32 Å². The quantitative estimate of drug-likeness (QED) is 0.697. The van der Waals surface area contributed by atoms with Crippen LogP contribution < -0.4 is 5.32 Å². The number of thioether (sulfide) groups is 1. The molecular formula is C23H24N2O3S. The van der Waals surface area contributed by atoms with Crippen LogP contribution in [0.25, 0.3) is 6.08 Å². The van der Waals surface area contributed by atoms with Crippen LogP contribution in [0.5, 0.6) is 0 Å². The number of nitrogens with zero attached hydrogens (tertiary/aromatic N) is 1. The Hall–Kier alpha value is -2.86. The minimum absolute atomic E-state index is 0.106. The highest BCUT2D eigenvalue weighted by Crippen LogP contribution is 2.32. The van der Waals surface area contributed by atoms with Crippen molar-refractivity contribution in [3.05, 3.63) is 76.7 Å². The molecule has 3 rings (SSSR count). The topological polar surface area (TPSA) is 66.5 Å². The van der Waals surface area contributed by atoms with Crippen LogP contribution in [0, 0.1) is 0 Å². The van der Waals surface area contributed by atoms with Crippen LogP contribution in [-0.2, 0) is 15.0 Å². The van der Waals surface area contributed by atoms with Crippen LogP contribution in [0.1, 0.15) is 31.4 Å². The summed E-state index contributed by atoms with van der Waals surface area (Å²) in [5.74, 6) is -0.423. The van der Waals surface area contributed by atoms with Crippen LogP contribution in [-0.4, -0.2) is 35.0 Å². The maximum absolute atomic E-state index is 12.5. The van der Waals surface area contributed by atoms with Crippen molar-refractivity contribution in [2.45, 2.75) is 25.7 Å². The van der Waals surface area contributed by atoms with Crippen molar-refractivity contribution in [1.29, 1.82) is 0 Å². The molecule has 2 aromatic carbocycles. The van der Waals surface area contributed by atoms with E-state index in [1.165, 1.54) is 4.90 Å². The van der Waals surface area contributed by atoms with Crippen LogP contribution in [0.2, 0.25) is 0 Å². The van der Waals surface area contributed by atoms with Crippen molar-refractivity contribution in [3.8, 4) is 0 Å². The second-order valence-corrected chi connectivity index (χ2v) is 8.51. The number of amides is 3. The molecule has 1 N–H and O–H groups in total. The lowest BCUT2D eigenvalue weighted by molar-refractivity contribution is -0.124. The molecule has 3 amide bonds. The normalized spacial score (nSPS) is 15.8. The van der Waals surface area contributed by atoms with Gasteiger partial charge in [0, 0.05) is 19.5 Å². The number of carbonyl (C=O) groups excluding carboxylic acids is 3. The molecule has 0 aliphatic carbocycles. The van der Waals surface area contributed by atoms with Gasteiger partial charge in [0.1, 0.15) is 0 Å². The van der Waals surface area contributed by atoms with Gasteiger partial charge in [0.15, 0.2) is 0 Å². The first-order valence-corrected chi connectivity index (χ1v) is 10.3. The van der Waals surface area contributed by atoms with E-state index < -0.39 is 0 Å². The van der Waals surface area contributed by atoms with Crippen molar-refractivity contribution < 1.29 is 14.4 Å². The summed E-state index contributed by atoms with van der Waals surface area (Å²) in [6, 6.07) is 19.3. The Balaban J connectivity index is 1.52. The van der Waals surface area contributed by atoms with Crippen molar-refractivity contribution >= 4 is 34.9 Å². The first-order valence-electron chi connectivity index (χ1n) is 9.49. The minimum atomic E-state index is -0.317. The molecule has 0 aromatic heterocycles. The van der Waals surface area contributed by atoms with Gasteiger partial charge in [-0.2, -0.15) is 0 Å². The lowest BCUT2D eigenvalue weighted by Crippen LogP contribution is -2.38. The van der Waals surface area contributed by atoms with Crippen LogP contribution in [0.15, 0.2) is 65.6 Å². The Morgan fingerprint density at radius 3 is 2.31 bits per heavy atom. The van der Waals surface area contributed by atoms with Gasteiger partial charge in [0.25, 0.3) is 11.1 Å². The van der Waals surface area contributed by atoms with Gasteiger partial charge < -0.3 is 5.32 Å². The highest BCUT2D eigenvalue weighted by atomic mass is 32.2. The van der Waals surface area contributed by atoms with Gasteiger partial charge in [-0.3, -0.25) is 19.3 Å². The molecule has 0 bridgehead atoms. The monoisotopic (exact) mass is 408 g/mol. The van der Waals surface area contributed by atoms with Gasteiger partial charge in [-0.1, -0.05) is 74.5 Å². The molecule has 29 heavy (non-hydrogen) atoms. The van der Waals surface area contributed by atoms with Crippen molar-refractivity contribution in [3.63, 3.8) is 0 Å². The van der Waals surface area contributed by atoms with Gasteiger partial charge in [-0.05, 0) is 34.4 Å². The largest absolute Gasteiger partial charge is 0.354 e. The third kappa shape index (κ3) is 5.35. The third-order valence-corrected chi connectivity index (χ3v) is 5.69. The number of hydrogen-bond acceptors (Lipinski definition) is 4. The van der Waals surface area contributed by atoms with Crippen molar-refractivity contribution in [2.75, 3.05) is 13.1 Å². The average molecular weight is 409 g/mol.